The van der Waals surface area contributed by atoms with Gasteiger partial charge in [-0.1, -0.05) is 6.07 Å². The van der Waals surface area contributed by atoms with E-state index in [1.54, 1.807) is 31.3 Å². The summed E-state index contributed by atoms with van der Waals surface area (Å²) < 4.78 is 20.1. The molecule has 0 saturated carbocycles. The summed E-state index contributed by atoms with van der Waals surface area (Å²) in [4.78, 5) is 26.8. The molecule has 2 atom stereocenters. The Morgan fingerprint density at radius 2 is 2.23 bits per heavy atom. The van der Waals surface area contributed by atoms with Crippen LogP contribution in [0.15, 0.2) is 24.7 Å². The van der Waals surface area contributed by atoms with E-state index in [9.17, 15) is 9.90 Å². The van der Waals surface area contributed by atoms with Crippen molar-refractivity contribution in [2.45, 2.75) is 19.1 Å². The molecule has 11 heteroatoms. The van der Waals surface area contributed by atoms with Crippen LogP contribution in [0.1, 0.15) is 12.0 Å². The van der Waals surface area contributed by atoms with Crippen molar-refractivity contribution < 1.29 is 19.0 Å². The lowest BCUT2D eigenvalue weighted by atomic mass is 9.94. The maximum Gasteiger partial charge on any atom is 0.231 e. The Balaban J connectivity index is 1.59. The van der Waals surface area contributed by atoms with Gasteiger partial charge in [0.25, 0.3) is 0 Å². The third-order valence-corrected chi connectivity index (χ3v) is 5.28. The van der Waals surface area contributed by atoms with Gasteiger partial charge in [-0.05, 0) is 18.5 Å². The van der Waals surface area contributed by atoms with Crippen molar-refractivity contribution in [1.29, 1.82) is 0 Å². The van der Waals surface area contributed by atoms with E-state index in [0.29, 0.717) is 38.5 Å². The molecule has 3 heterocycles. The number of ether oxygens (including phenoxy) is 1. The van der Waals surface area contributed by atoms with Crippen molar-refractivity contribution >= 4 is 17.5 Å². The number of nitrogens with one attached hydrogen (secondary N) is 1. The molecular formula is C20H28FN7O3. The molecular weight excluding hydrogens is 405 g/mol. The predicted octanol–water partition coefficient (Wildman–Crippen LogP) is 0.236. The van der Waals surface area contributed by atoms with Crippen molar-refractivity contribution in [2.75, 3.05) is 50.6 Å². The number of likely N-dealkylation sites (tertiary alicyclic amines) is 1. The van der Waals surface area contributed by atoms with Crippen molar-refractivity contribution in [3.63, 3.8) is 0 Å². The Labute approximate surface area is 180 Å². The molecule has 1 aliphatic heterocycles. The maximum absolute atomic E-state index is 15.0. The molecule has 2 aromatic heterocycles. The second kappa shape index (κ2) is 10.3. The number of aliphatic hydroxyl groups excluding tert-OH is 1. The number of piperidine rings is 1. The van der Waals surface area contributed by atoms with Gasteiger partial charge >= 0.3 is 0 Å². The molecule has 0 bridgehead atoms. The topological polar surface area (TPSA) is 130 Å². The van der Waals surface area contributed by atoms with Crippen LogP contribution < -0.4 is 20.7 Å². The minimum atomic E-state index is -0.643. The fourth-order valence-electron chi connectivity index (χ4n) is 3.60. The second-order valence-corrected chi connectivity index (χ2v) is 7.62. The monoisotopic (exact) mass is 433 g/mol. The molecule has 0 aliphatic carbocycles. The molecule has 3 rings (SSSR count). The summed E-state index contributed by atoms with van der Waals surface area (Å²) in [5, 5.41) is 13.4. The van der Waals surface area contributed by atoms with Crippen molar-refractivity contribution in [3.05, 3.63) is 36.0 Å². The van der Waals surface area contributed by atoms with Gasteiger partial charge in [0.2, 0.25) is 17.6 Å². The van der Waals surface area contributed by atoms with Crippen LogP contribution in [0.25, 0.3) is 0 Å². The lowest BCUT2D eigenvalue weighted by molar-refractivity contribution is -0.120. The van der Waals surface area contributed by atoms with Gasteiger partial charge in [-0.25, -0.2) is 15.0 Å². The van der Waals surface area contributed by atoms with E-state index in [1.807, 2.05) is 11.0 Å². The van der Waals surface area contributed by atoms with Gasteiger partial charge in [0.05, 0.1) is 19.8 Å². The van der Waals surface area contributed by atoms with E-state index < -0.39 is 17.8 Å². The number of rotatable bonds is 9. The number of carbonyl (C=O) groups is 1. The number of hydrogen-bond acceptors (Lipinski definition) is 9. The number of nitrogens with zero attached hydrogens (tertiary/aromatic N) is 5. The zero-order chi connectivity index (χ0) is 22.4. The smallest absolute Gasteiger partial charge is 0.231 e. The number of hydrogen-bond donors (Lipinski definition) is 3. The van der Waals surface area contributed by atoms with Gasteiger partial charge in [-0.2, -0.15) is 4.39 Å². The number of anilines is 2. The van der Waals surface area contributed by atoms with Gasteiger partial charge in [-0.3, -0.25) is 9.69 Å². The molecule has 10 nitrogen and oxygen atoms in total. The molecule has 1 amide bonds. The normalized spacial score (nSPS) is 19.1. The lowest BCUT2D eigenvalue weighted by Crippen LogP contribution is -2.48. The molecule has 1 saturated heterocycles. The predicted molar refractivity (Wildman–Crippen MR) is 113 cm³/mol. The summed E-state index contributed by atoms with van der Waals surface area (Å²) >= 11 is 0. The Bertz CT molecular complexity index is 884. The number of methoxy groups -OCH3 is 1. The molecule has 1 aliphatic rings. The molecule has 168 valence electrons. The van der Waals surface area contributed by atoms with E-state index in [2.05, 4.69) is 20.3 Å². The van der Waals surface area contributed by atoms with Crippen molar-refractivity contribution in [1.82, 2.24) is 19.9 Å². The third-order valence-electron chi connectivity index (χ3n) is 5.28. The van der Waals surface area contributed by atoms with Crippen molar-refractivity contribution in [3.8, 4) is 5.88 Å². The highest BCUT2D eigenvalue weighted by molar-refractivity contribution is 5.75. The minimum Gasteiger partial charge on any atom is -0.481 e. The average Bonchev–Trinajstić information content (AvgIpc) is 2.74. The van der Waals surface area contributed by atoms with Crippen LogP contribution >= 0.6 is 0 Å². The SMILES string of the molecule is COc1ccc(CN(C)c2ncnc(NCC3CCN(CC(N)=O)CC3O)c2F)cn1. The molecule has 2 unspecified atom stereocenters. The number of pyridine rings is 1. The number of nitrogens with two attached hydrogens (primary N) is 1. The van der Waals surface area contributed by atoms with Crippen LogP contribution in [0.3, 0.4) is 0 Å². The van der Waals surface area contributed by atoms with Crippen LogP contribution in [0.4, 0.5) is 16.0 Å². The van der Waals surface area contributed by atoms with E-state index in [1.165, 1.54) is 6.33 Å². The van der Waals surface area contributed by atoms with Gasteiger partial charge in [0.15, 0.2) is 11.6 Å². The molecule has 2 aromatic rings. The first-order valence-corrected chi connectivity index (χ1v) is 10.0. The molecule has 0 radical (unpaired) electrons. The van der Waals surface area contributed by atoms with Gasteiger partial charge in [-0.15, -0.1) is 0 Å². The highest BCUT2D eigenvalue weighted by Crippen LogP contribution is 2.24. The molecule has 1 fully saturated rings. The largest absolute Gasteiger partial charge is 0.481 e. The highest BCUT2D eigenvalue weighted by atomic mass is 19.1. The second-order valence-electron chi connectivity index (χ2n) is 7.62. The van der Waals surface area contributed by atoms with Crippen LogP contribution in [-0.4, -0.2) is 77.3 Å². The third kappa shape index (κ3) is 5.98. The van der Waals surface area contributed by atoms with Crippen LogP contribution in [0.5, 0.6) is 5.88 Å². The number of β-amino-alcohol motifs (C(OH)–C–C–N with tert-alkyl or cyclic N) is 1. The maximum atomic E-state index is 15.0. The van der Waals surface area contributed by atoms with Crippen LogP contribution in [0, 0.1) is 11.7 Å². The fraction of sp³-hybridized carbons (Fsp3) is 0.500. The Morgan fingerprint density at radius 3 is 2.87 bits per heavy atom. The molecule has 0 spiro atoms. The zero-order valence-electron chi connectivity index (χ0n) is 17.7. The van der Waals surface area contributed by atoms with Gasteiger partial charge < -0.3 is 25.8 Å². The summed E-state index contributed by atoms with van der Waals surface area (Å²) in [5.74, 6) is -0.332. The number of aliphatic hydroxyl groups is 1. The highest BCUT2D eigenvalue weighted by Gasteiger charge is 2.28. The average molecular weight is 433 g/mol. The lowest BCUT2D eigenvalue weighted by Gasteiger charge is -2.35. The summed E-state index contributed by atoms with van der Waals surface area (Å²) in [6.07, 6.45) is 2.98. The number of halogens is 1. The standard InChI is InChI=1S/C20H28FN7O3/c1-27(9-13-3-4-17(31-2)23-7-13)20-18(21)19(25-12-26-20)24-8-14-5-6-28(10-15(14)29)11-16(22)30/h3-4,7,12,14-15,29H,5-6,8-11H2,1-2H3,(H2,22,30)(H,24,25,26). The van der Waals surface area contributed by atoms with E-state index in [4.69, 9.17) is 10.5 Å². The first-order valence-electron chi connectivity index (χ1n) is 10.0. The van der Waals surface area contributed by atoms with Crippen LogP contribution in [-0.2, 0) is 11.3 Å². The first-order chi connectivity index (χ1) is 14.9. The van der Waals surface area contributed by atoms with Crippen LogP contribution in [0.2, 0.25) is 0 Å². The van der Waals surface area contributed by atoms with E-state index in [-0.39, 0.29) is 24.1 Å². The quantitative estimate of drug-likeness (QED) is 0.509. The number of primary amides is 1. The van der Waals surface area contributed by atoms with Gasteiger partial charge in [0, 0.05) is 44.9 Å². The molecule has 0 aromatic carbocycles. The number of aromatic nitrogens is 3. The zero-order valence-corrected chi connectivity index (χ0v) is 17.7. The fourth-order valence-corrected chi connectivity index (χ4v) is 3.60. The summed E-state index contributed by atoms with van der Waals surface area (Å²) in [7, 11) is 3.28. The first kappa shape index (κ1) is 22.6. The summed E-state index contributed by atoms with van der Waals surface area (Å²) in [6, 6.07) is 3.60. The van der Waals surface area contributed by atoms with E-state index >= 15 is 4.39 Å². The van der Waals surface area contributed by atoms with E-state index in [0.717, 1.165) is 5.56 Å². The summed E-state index contributed by atoms with van der Waals surface area (Å²) in [6.45, 7) is 1.87. The van der Waals surface area contributed by atoms with Crippen molar-refractivity contribution in [2.24, 2.45) is 11.7 Å². The summed E-state index contributed by atoms with van der Waals surface area (Å²) in [5.41, 5.74) is 6.09. The molecule has 31 heavy (non-hydrogen) atoms. The Hall–Kier alpha value is -3.05. The molecule has 4 N–H and O–H groups in total. The Morgan fingerprint density at radius 1 is 1.42 bits per heavy atom. The number of amides is 1. The minimum absolute atomic E-state index is 0.0801. The Kier molecular flexibility index (Phi) is 7.53. The van der Waals surface area contributed by atoms with Gasteiger partial charge in [0.1, 0.15) is 6.33 Å². The number of carbonyl (C=O) groups excluding carboxylic acids is 1.